The Bertz CT molecular complexity index is 557. The van der Waals surface area contributed by atoms with Crippen LogP contribution in [0.5, 0.6) is 0 Å². The second-order valence-electron chi connectivity index (χ2n) is 4.43. The summed E-state index contributed by atoms with van der Waals surface area (Å²) in [6.07, 6.45) is 2.39. The number of benzene rings is 1. The maximum atomic E-state index is 7.86. The van der Waals surface area contributed by atoms with Gasteiger partial charge in [-0.1, -0.05) is 40.2 Å². The fourth-order valence-corrected chi connectivity index (χ4v) is 2.05. The number of hydrogen-bond acceptors (Lipinski definition) is 3. The van der Waals surface area contributed by atoms with Gasteiger partial charge in [0.1, 0.15) is 0 Å². The molecule has 0 amide bonds. The Balaban J connectivity index is 1.88. The Labute approximate surface area is 134 Å². The molecule has 0 spiro atoms. The Morgan fingerprint density at radius 3 is 2.95 bits per heavy atom. The number of hydrogen-bond donors (Lipinski definition) is 0. The van der Waals surface area contributed by atoms with Crippen LogP contribution in [0, 0.1) is 0 Å². The van der Waals surface area contributed by atoms with Crippen LogP contribution in [-0.2, 0) is 20.8 Å². The van der Waals surface area contributed by atoms with E-state index in [4.69, 9.17) is 19.7 Å². The first-order chi connectivity index (χ1) is 11.4. The van der Waals surface area contributed by atoms with Crippen molar-refractivity contribution in [2.75, 3.05) is 19.8 Å². The summed E-state index contributed by atoms with van der Waals surface area (Å²) in [5.74, 6) is 0. The minimum absolute atomic E-state index is 0.0164. The minimum atomic E-state index is -2.35. The van der Waals surface area contributed by atoms with Gasteiger partial charge in [0, 0.05) is 11.1 Å². The monoisotopic (exact) mass is 344 g/mol. The number of halogens is 1. The Morgan fingerprint density at radius 2 is 2.20 bits per heavy atom. The van der Waals surface area contributed by atoms with E-state index in [1.165, 1.54) is 0 Å². The van der Waals surface area contributed by atoms with Gasteiger partial charge in [-0.15, -0.1) is 0 Å². The van der Waals surface area contributed by atoms with Crippen LogP contribution in [0.1, 0.15) is 30.3 Å². The van der Waals surface area contributed by atoms with E-state index in [2.05, 4.69) is 15.9 Å². The zero-order valence-electron chi connectivity index (χ0n) is 15.2. The third-order valence-electron chi connectivity index (χ3n) is 2.84. The average Bonchev–Trinajstić information content (AvgIpc) is 2.59. The summed E-state index contributed by atoms with van der Waals surface area (Å²) in [6.45, 7) is -1.86. The van der Waals surface area contributed by atoms with Crippen molar-refractivity contribution in [2.24, 2.45) is 0 Å². The summed E-state index contributed by atoms with van der Waals surface area (Å²) in [7, 11) is 0. The molecular weight excluding hydrogens is 320 g/mol. The van der Waals surface area contributed by atoms with Crippen LogP contribution in [0.4, 0.5) is 0 Å². The summed E-state index contributed by atoms with van der Waals surface area (Å²) < 4.78 is 48.4. The lowest BCUT2D eigenvalue weighted by molar-refractivity contribution is -0.155. The molecular formula is C16H21BrO3. The van der Waals surface area contributed by atoms with Gasteiger partial charge in [0.05, 0.1) is 25.3 Å². The van der Waals surface area contributed by atoms with Crippen molar-refractivity contribution >= 4 is 15.9 Å². The molecule has 1 unspecified atom stereocenters. The summed E-state index contributed by atoms with van der Waals surface area (Å²) in [5, 5.41) is 0. The topological polar surface area (TPSA) is 27.7 Å². The fraction of sp³-hybridized carbons (Fsp3) is 0.500. The van der Waals surface area contributed by atoms with Crippen molar-refractivity contribution < 1.29 is 19.7 Å². The SMILES string of the molecule is [2H]/C(COC1CCCCO1)=C(/[2H])C([2H])([2H])OCc1ccc(Br)cc1. The predicted molar refractivity (Wildman–Crippen MR) is 82.5 cm³/mol. The zero-order valence-corrected chi connectivity index (χ0v) is 12.8. The molecule has 1 aliphatic rings. The number of rotatable bonds is 7. The van der Waals surface area contributed by atoms with Crippen LogP contribution < -0.4 is 0 Å². The van der Waals surface area contributed by atoms with Gasteiger partial charge >= 0.3 is 0 Å². The Hall–Kier alpha value is -0.680. The summed E-state index contributed by atoms with van der Waals surface area (Å²) in [4.78, 5) is 0. The van der Waals surface area contributed by atoms with E-state index in [-0.39, 0.29) is 25.6 Å². The molecule has 1 aromatic rings. The molecule has 1 saturated heterocycles. The third-order valence-corrected chi connectivity index (χ3v) is 3.37. The lowest BCUT2D eigenvalue weighted by Gasteiger charge is -2.21. The summed E-state index contributed by atoms with van der Waals surface area (Å²) in [5.41, 5.74) is 0.785. The standard InChI is InChI=1S/C16H21BrO3/c17-15-8-6-14(7-9-15)13-18-10-3-4-12-20-16-5-1-2-11-19-16/h3-4,6-9,16H,1-2,5,10-13H2/b4-3+/i3D,4D,10D2. The van der Waals surface area contributed by atoms with Gasteiger partial charge in [-0.05, 0) is 37.0 Å². The van der Waals surface area contributed by atoms with Crippen molar-refractivity contribution in [2.45, 2.75) is 32.2 Å². The van der Waals surface area contributed by atoms with E-state index in [9.17, 15) is 0 Å². The normalized spacial score (nSPS) is 24.1. The van der Waals surface area contributed by atoms with E-state index in [1.54, 1.807) is 12.1 Å². The van der Waals surface area contributed by atoms with Gasteiger partial charge in [-0.3, -0.25) is 0 Å². The zero-order chi connectivity index (χ0) is 17.6. The summed E-state index contributed by atoms with van der Waals surface area (Å²) in [6, 6.07) is 6.50. The average molecular weight is 345 g/mol. The molecule has 20 heavy (non-hydrogen) atoms. The second kappa shape index (κ2) is 9.29. The molecule has 1 aliphatic heterocycles. The first kappa shape index (κ1) is 11.0. The molecule has 1 heterocycles. The van der Waals surface area contributed by atoms with E-state index < -0.39 is 12.6 Å². The number of ether oxygens (including phenoxy) is 3. The van der Waals surface area contributed by atoms with E-state index in [0.29, 0.717) is 6.61 Å². The van der Waals surface area contributed by atoms with Crippen molar-refractivity contribution in [3.63, 3.8) is 0 Å². The maximum absolute atomic E-state index is 7.86. The molecule has 1 aromatic carbocycles. The van der Waals surface area contributed by atoms with Crippen LogP contribution in [-0.4, -0.2) is 26.1 Å². The van der Waals surface area contributed by atoms with Crippen LogP contribution in [0.25, 0.3) is 0 Å². The smallest absolute Gasteiger partial charge is 0.157 e. The molecule has 0 saturated carbocycles. The van der Waals surface area contributed by atoms with Gasteiger partial charge in [-0.2, -0.15) is 0 Å². The molecule has 3 nitrogen and oxygen atoms in total. The highest BCUT2D eigenvalue weighted by Crippen LogP contribution is 2.13. The van der Waals surface area contributed by atoms with E-state index in [1.807, 2.05) is 12.1 Å². The van der Waals surface area contributed by atoms with Crippen molar-refractivity contribution in [1.82, 2.24) is 0 Å². The largest absolute Gasteiger partial charge is 0.373 e. The molecule has 0 aliphatic carbocycles. The fourth-order valence-electron chi connectivity index (χ4n) is 1.79. The van der Waals surface area contributed by atoms with Gasteiger partial charge < -0.3 is 14.2 Å². The molecule has 0 bridgehead atoms. The van der Waals surface area contributed by atoms with Crippen LogP contribution in [0.2, 0.25) is 0 Å². The lowest BCUT2D eigenvalue weighted by Crippen LogP contribution is -2.22. The molecule has 110 valence electrons. The first-order valence-electron chi connectivity index (χ1n) is 8.67. The van der Waals surface area contributed by atoms with Gasteiger partial charge in [-0.25, -0.2) is 0 Å². The Kier molecular flexibility index (Phi) is 5.09. The maximum Gasteiger partial charge on any atom is 0.157 e. The molecule has 1 fully saturated rings. The third kappa shape index (κ3) is 6.18. The lowest BCUT2D eigenvalue weighted by atomic mass is 10.2. The van der Waals surface area contributed by atoms with Crippen molar-refractivity contribution in [1.29, 1.82) is 0 Å². The highest BCUT2D eigenvalue weighted by molar-refractivity contribution is 9.10. The van der Waals surface area contributed by atoms with E-state index in [0.717, 1.165) is 29.3 Å². The predicted octanol–water partition coefficient (Wildman–Crippen LogP) is 4.07. The molecule has 0 radical (unpaired) electrons. The van der Waals surface area contributed by atoms with E-state index >= 15 is 0 Å². The molecule has 1 atom stereocenters. The quantitative estimate of drug-likeness (QED) is 0.698. The molecule has 2 rings (SSSR count). The Morgan fingerprint density at radius 1 is 1.35 bits per heavy atom. The highest BCUT2D eigenvalue weighted by Gasteiger charge is 2.12. The first-order valence-corrected chi connectivity index (χ1v) is 7.46. The molecule has 4 heteroatoms. The summed E-state index contributed by atoms with van der Waals surface area (Å²) >= 11 is 3.33. The van der Waals surface area contributed by atoms with Crippen LogP contribution in [0.3, 0.4) is 0 Å². The molecule has 0 aromatic heterocycles. The van der Waals surface area contributed by atoms with Crippen molar-refractivity contribution in [3.05, 3.63) is 46.4 Å². The second-order valence-corrected chi connectivity index (χ2v) is 5.34. The van der Waals surface area contributed by atoms with Crippen LogP contribution >= 0.6 is 15.9 Å². The van der Waals surface area contributed by atoms with Crippen LogP contribution in [0.15, 0.2) is 40.8 Å². The molecule has 0 N–H and O–H groups in total. The van der Waals surface area contributed by atoms with Gasteiger partial charge in [0.15, 0.2) is 6.29 Å². The van der Waals surface area contributed by atoms with Crippen molar-refractivity contribution in [3.8, 4) is 0 Å². The van der Waals surface area contributed by atoms with Gasteiger partial charge in [0.2, 0.25) is 0 Å². The van der Waals surface area contributed by atoms with Gasteiger partial charge in [0.25, 0.3) is 0 Å². The highest BCUT2D eigenvalue weighted by atomic mass is 79.9. The minimum Gasteiger partial charge on any atom is -0.373 e.